The summed E-state index contributed by atoms with van der Waals surface area (Å²) in [5.74, 6) is -0.216. The third-order valence-electron chi connectivity index (χ3n) is 2.33. The fourth-order valence-electron chi connectivity index (χ4n) is 1.52. The summed E-state index contributed by atoms with van der Waals surface area (Å²) >= 11 is 10.5. The van der Waals surface area contributed by atoms with Crippen LogP contribution in [0, 0.1) is 0 Å². The highest BCUT2D eigenvalue weighted by molar-refractivity contribution is 7.78. The SMILES string of the molecule is O=C(c1ccncc1Cl)c1ccccc1N=C=S. The molecule has 1 aromatic carbocycles. The molecular weight excluding hydrogens is 268 g/mol. The van der Waals surface area contributed by atoms with Crippen LogP contribution in [-0.4, -0.2) is 15.9 Å². The Morgan fingerprint density at radius 1 is 1.28 bits per heavy atom. The summed E-state index contributed by atoms with van der Waals surface area (Å²) in [6.45, 7) is 0. The third kappa shape index (κ3) is 2.51. The molecule has 88 valence electrons. The number of aliphatic imine (C=N–C) groups is 1. The number of halogens is 1. The molecule has 0 fully saturated rings. The molecule has 2 rings (SSSR count). The quantitative estimate of drug-likeness (QED) is 0.487. The van der Waals surface area contributed by atoms with Crippen molar-refractivity contribution in [3.8, 4) is 0 Å². The first-order valence-corrected chi connectivity index (χ1v) is 5.84. The number of carbonyl (C=O) groups is 1. The Morgan fingerprint density at radius 3 is 2.78 bits per heavy atom. The van der Waals surface area contributed by atoms with Gasteiger partial charge in [0, 0.05) is 23.5 Å². The normalized spacial score (nSPS) is 9.61. The minimum absolute atomic E-state index is 0.216. The number of nitrogens with zero attached hydrogens (tertiary/aromatic N) is 2. The van der Waals surface area contributed by atoms with Crippen LogP contribution in [0.4, 0.5) is 5.69 Å². The standard InChI is InChI=1S/C13H7ClN2OS/c14-11-7-15-6-5-9(11)13(17)10-3-1-2-4-12(10)16-8-18/h1-7H. The van der Waals surface area contributed by atoms with Crippen LogP contribution < -0.4 is 0 Å². The third-order valence-corrected chi connectivity index (χ3v) is 2.72. The Labute approximate surface area is 114 Å². The molecule has 0 atom stereocenters. The van der Waals surface area contributed by atoms with Gasteiger partial charge in [-0.25, -0.2) is 0 Å². The summed E-state index contributed by atoms with van der Waals surface area (Å²) in [4.78, 5) is 20.0. The molecule has 0 amide bonds. The molecule has 0 radical (unpaired) electrons. The topological polar surface area (TPSA) is 42.3 Å². The minimum Gasteiger partial charge on any atom is -0.288 e. The van der Waals surface area contributed by atoms with Crippen molar-refractivity contribution in [3.63, 3.8) is 0 Å². The van der Waals surface area contributed by atoms with E-state index in [1.54, 1.807) is 30.3 Å². The molecule has 18 heavy (non-hydrogen) atoms. The number of ketones is 1. The number of isothiocyanates is 1. The lowest BCUT2D eigenvalue weighted by atomic mass is 10.0. The van der Waals surface area contributed by atoms with Gasteiger partial charge in [0.25, 0.3) is 0 Å². The number of hydrogen-bond acceptors (Lipinski definition) is 4. The van der Waals surface area contributed by atoms with Crippen LogP contribution in [0.2, 0.25) is 5.02 Å². The van der Waals surface area contributed by atoms with E-state index in [1.165, 1.54) is 12.4 Å². The second kappa shape index (κ2) is 5.65. The molecule has 0 unspecified atom stereocenters. The van der Waals surface area contributed by atoms with Crippen LogP contribution in [0.3, 0.4) is 0 Å². The van der Waals surface area contributed by atoms with Gasteiger partial charge in [0.15, 0.2) is 5.78 Å². The van der Waals surface area contributed by atoms with Gasteiger partial charge in [0.05, 0.1) is 15.9 Å². The smallest absolute Gasteiger partial charge is 0.196 e. The Balaban J connectivity index is 2.53. The van der Waals surface area contributed by atoms with Gasteiger partial charge in [-0.05, 0) is 30.4 Å². The van der Waals surface area contributed by atoms with Crippen molar-refractivity contribution in [1.82, 2.24) is 4.98 Å². The number of aromatic nitrogens is 1. The number of pyridine rings is 1. The minimum atomic E-state index is -0.216. The van der Waals surface area contributed by atoms with Gasteiger partial charge in [-0.15, -0.1) is 0 Å². The molecule has 0 aliphatic carbocycles. The van der Waals surface area contributed by atoms with Crippen LogP contribution in [0.5, 0.6) is 0 Å². The van der Waals surface area contributed by atoms with Crippen molar-refractivity contribution >= 4 is 40.5 Å². The lowest BCUT2D eigenvalue weighted by Crippen LogP contribution is -2.02. The van der Waals surface area contributed by atoms with E-state index in [0.29, 0.717) is 21.8 Å². The Morgan fingerprint density at radius 2 is 2.06 bits per heavy atom. The van der Waals surface area contributed by atoms with Crippen LogP contribution in [0.1, 0.15) is 15.9 Å². The van der Waals surface area contributed by atoms with E-state index in [2.05, 4.69) is 27.4 Å². The summed E-state index contributed by atoms with van der Waals surface area (Å²) in [5.41, 5.74) is 1.30. The number of rotatable bonds is 3. The average molecular weight is 275 g/mol. The second-order valence-corrected chi connectivity index (χ2v) is 3.99. The van der Waals surface area contributed by atoms with Gasteiger partial charge in [-0.2, -0.15) is 4.99 Å². The van der Waals surface area contributed by atoms with Gasteiger partial charge >= 0.3 is 0 Å². The molecule has 0 saturated carbocycles. The fraction of sp³-hybridized carbons (Fsp3) is 0. The van der Waals surface area contributed by atoms with E-state index in [-0.39, 0.29) is 5.78 Å². The van der Waals surface area contributed by atoms with E-state index in [1.807, 2.05) is 0 Å². The lowest BCUT2D eigenvalue weighted by Gasteiger charge is -2.05. The summed E-state index contributed by atoms with van der Waals surface area (Å²) in [6.07, 6.45) is 2.95. The lowest BCUT2D eigenvalue weighted by molar-refractivity contribution is 0.103. The van der Waals surface area contributed by atoms with Gasteiger partial charge in [-0.1, -0.05) is 23.7 Å². The van der Waals surface area contributed by atoms with Crippen molar-refractivity contribution < 1.29 is 4.79 Å². The highest BCUT2D eigenvalue weighted by Crippen LogP contribution is 2.24. The maximum absolute atomic E-state index is 12.3. The molecular formula is C13H7ClN2OS. The zero-order valence-corrected chi connectivity index (χ0v) is 10.7. The predicted molar refractivity (Wildman–Crippen MR) is 73.8 cm³/mol. The maximum atomic E-state index is 12.3. The van der Waals surface area contributed by atoms with Crippen LogP contribution in [0.25, 0.3) is 0 Å². The molecule has 0 saturated heterocycles. The molecule has 0 bridgehead atoms. The Bertz CT molecular complexity index is 651. The first kappa shape index (κ1) is 12.6. The van der Waals surface area contributed by atoms with Crippen LogP contribution >= 0.6 is 23.8 Å². The van der Waals surface area contributed by atoms with Gasteiger partial charge in [0.1, 0.15) is 0 Å². The first-order valence-electron chi connectivity index (χ1n) is 5.05. The second-order valence-electron chi connectivity index (χ2n) is 3.40. The molecule has 0 spiro atoms. The summed E-state index contributed by atoms with van der Waals surface area (Å²) < 4.78 is 0. The first-order chi connectivity index (χ1) is 8.74. The van der Waals surface area contributed by atoms with E-state index < -0.39 is 0 Å². The monoisotopic (exact) mass is 274 g/mol. The molecule has 0 N–H and O–H groups in total. The summed E-state index contributed by atoms with van der Waals surface area (Å²) in [6, 6.07) is 8.47. The van der Waals surface area contributed by atoms with E-state index >= 15 is 0 Å². The Kier molecular flexibility index (Phi) is 3.95. The van der Waals surface area contributed by atoms with Crippen molar-refractivity contribution in [2.75, 3.05) is 0 Å². The zero-order valence-electron chi connectivity index (χ0n) is 9.13. The number of thiocarbonyl (C=S) groups is 1. The van der Waals surface area contributed by atoms with Crippen LogP contribution in [-0.2, 0) is 0 Å². The van der Waals surface area contributed by atoms with E-state index in [4.69, 9.17) is 11.6 Å². The number of hydrogen-bond donors (Lipinski definition) is 0. The van der Waals surface area contributed by atoms with Crippen LogP contribution in [0.15, 0.2) is 47.7 Å². The predicted octanol–water partition coefficient (Wildman–Crippen LogP) is 3.70. The maximum Gasteiger partial charge on any atom is 0.196 e. The molecule has 5 heteroatoms. The summed E-state index contributed by atoms with van der Waals surface area (Å²) in [7, 11) is 0. The number of benzene rings is 1. The molecule has 3 nitrogen and oxygen atoms in total. The molecule has 2 aromatic rings. The van der Waals surface area contributed by atoms with E-state index in [9.17, 15) is 4.79 Å². The fourth-order valence-corrected chi connectivity index (χ4v) is 1.82. The molecule has 1 aromatic heterocycles. The van der Waals surface area contributed by atoms with Gasteiger partial charge in [-0.3, -0.25) is 9.78 Å². The van der Waals surface area contributed by atoms with Crippen molar-refractivity contribution in [2.24, 2.45) is 4.99 Å². The Hall–Kier alpha value is -1.87. The van der Waals surface area contributed by atoms with E-state index in [0.717, 1.165) is 0 Å². The number of carbonyl (C=O) groups excluding carboxylic acids is 1. The zero-order chi connectivity index (χ0) is 13.0. The van der Waals surface area contributed by atoms with Gasteiger partial charge in [0.2, 0.25) is 0 Å². The molecule has 0 aliphatic heterocycles. The van der Waals surface area contributed by atoms with Crippen molar-refractivity contribution in [2.45, 2.75) is 0 Å². The van der Waals surface area contributed by atoms with Crippen molar-refractivity contribution in [3.05, 3.63) is 58.9 Å². The largest absolute Gasteiger partial charge is 0.288 e. The van der Waals surface area contributed by atoms with Gasteiger partial charge < -0.3 is 0 Å². The average Bonchev–Trinajstić information content (AvgIpc) is 2.40. The highest BCUT2D eigenvalue weighted by atomic mass is 35.5. The molecule has 0 aliphatic rings. The highest BCUT2D eigenvalue weighted by Gasteiger charge is 2.15. The molecule has 1 heterocycles. The van der Waals surface area contributed by atoms with Crippen molar-refractivity contribution in [1.29, 1.82) is 0 Å². The summed E-state index contributed by atoms with van der Waals surface area (Å²) in [5, 5.41) is 2.57. The number of para-hydroxylation sites is 1.